The topological polar surface area (TPSA) is 93.5 Å². The van der Waals surface area contributed by atoms with Crippen LogP contribution in [0.1, 0.15) is 13.8 Å². The Labute approximate surface area is 105 Å². The van der Waals surface area contributed by atoms with Gasteiger partial charge in [0.2, 0.25) is 5.91 Å². The summed E-state index contributed by atoms with van der Waals surface area (Å²) in [5.41, 5.74) is 6.63. The molecular weight excluding hydrogens is 234 g/mol. The Morgan fingerprint density at radius 2 is 1.72 bits per heavy atom. The monoisotopic (exact) mass is 251 g/mol. The maximum atomic E-state index is 11.3. The van der Waals surface area contributed by atoms with Crippen LogP contribution in [0.25, 0.3) is 0 Å². The first-order valence-corrected chi connectivity index (χ1v) is 5.63. The van der Waals surface area contributed by atoms with Gasteiger partial charge in [-0.05, 0) is 38.1 Å². The summed E-state index contributed by atoms with van der Waals surface area (Å²) in [5.74, 6) is -0.263. The van der Waals surface area contributed by atoms with E-state index in [4.69, 9.17) is 10.5 Å². The fourth-order valence-corrected chi connectivity index (χ4v) is 1.18. The van der Waals surface area contributed by atoms with Crippen LogP contribution in [0.2, 0.25) is 0 Å². The van der Waals surface area contributed by atoms with Crippen molar-refractivity contribution in [2.24, 2.45) is 5.73 Å². The largest absolute Gasteiger partial charge is 0.450 e. The fraction of sp³-hybridized carbons (Fsp3) is 0.333. The second-order valence-electron chi connectivity index (χ2n) is 3.70. The van der Waals surface area contributed by atoms with Crippen molar-refractivity contribution in [2.75, 3.05) is 17.2 Å². The van der Waals surface area contributed by atoms with E-state index in [-0.39, 0.29) is 5.91 Å². The highest BCUT2D eigenvalue weighted by Gasteiger charge is 2.07. The summed E-state index contributed by atoms with van der Waals surface area (Å²) < 4.78 is 4.74. The van der Waals surface area contributed by atoms with Crippen molar-refractivity contribution in [3.63, 3.8) is 0 Å². The number of amides is 2. The molecule has 0 radical (unpaired) electrons. The van der Waals surface area contributed by atoms with Gasteiger partial charge in [-0.25, -0.2) is 4.79 Å². The molecule has 0 spiro atoms. The van der Waals surface area contributed by atoms with Gasteiger partial charge >= 0.3 is 6.09 Å². The van der Waals surface area contributed by atoms with Crippen LogP contribution < -0.4 is 16.4 Å². The van der Waals surface area contributed by atoms with Gasteiger partial charge < -0.3 is 15.8 Å². The van der Waals surface area contributed by atoms with Gasteiger partial charge in [-0.15, -0.1) is 0 Å². The first kappa shape index (κ1) is 14.0. The number of hydrogen-bond acceptors (Lipinski definition) is 4. The molecule has 0 saturated heterocycles. The number of nitrogens with two attached hydrogens (primary N) is 1. The van der Waals surface area contributed by atoms with Crippen molar-refractivity contribution >= 4 is 23.4 Å². The van der Waals surface area contributed by atoms with Crippen LogP contribution in [0.15, 0.2) is 24.3 Å². The second-order valence-corrected chi connectivity index (χ2v) is 3.70. The van der Waals surface area contributed by atoms with E-state index < -0.39 is 12.1 Å². The maximum Gasteiger partial charge on any atom is 0.411 e. The summed E-state index contributed by atoms with van der Waals surface area (Å²) in [6, 6.07) is 6.09. The van der Waals surface area contributed by atoms with E-state index in [0.29, 0.717) is 18.0 Å². The Balaban J connectivity index is 2.57. The van der Waals surface area contributed by atoms with Gasteiger partial charge in [-0.2, -0.15) is 0 Å². The fourth-order valence-electron chi connectivity index (χ4n) is 1.18. The van der Waals surface area contributed by atoms with Crippen molar-refractivity contribution in [1.82, 2.24) is 0 Å². The number of ether oxygens (including phenoxy) is 1. The Kier molecular flexibility index (Phi) is 5.13. The smallest absolute Gasteiger partial charge is 0.411 e. The first-order valence-electron chi connectivity index (χ1n) is 5.63. The molecule has 4 N–H and O–H groups in total. The van der Waals surface area contributed by atoms with Crippen molar-refractivity contribution in [3.8, 4) is 0 Å². The lowest BCUT2D eigenvalue weighted by Crippen LogP contribution is -2.32. The van der Waals surface area contributed by atoms with Gasteiger partial charge in [0.15, 0.2) is 0 Å². The molecule has 0 aromatic heterocycles. The molecule has 0 saturated carbocycles. The molecule has 18 heavy (non-hydrogen) atoms. The zero-order valence-electron chi connectivity index (χ0n) is 10.4. The summed E-state index contributed by atoms with van der Waals surface area (Å²) >= 11 is 0. The highest BCUT2D eigenvalue weighted by atomic mass is 16.5. The van der Waals surface area contributed by atoms with Gasteiger partial charge in [-0.1, -0.05) is 0 Å². The van der Waals surface area contributed by atoms with E-state index in [2.05, 4.69) is 10.6 Å². The number of hydrogen-bond donors (Lipinski definition) is 3. The standard InChI is InChI=1S/C12H17N3O3/c1-3-18-12(17)15-10-6-4-9(5-7-10)14-11(16)8(2)13/h4-8H,3,13H2,1-2H3,(H,14,16)(H,15,17). The van der Waals surface area contributed by atoms with E-state index in [0.717, 1.165) is 0 Å². The molecule has 0 heterocycles. The molecule has 0 aliphatic rings. The maximum absolute atomic E-state index is 11.3. The van der Waals surface area contributed by atoms with Gasteiger partial charge in [0, 0.05) is 11.4 Å². The molecule has 6 heteroatoms. The van der Waals surface area contributed by atoms with Crippen LogP contribution in [-0.2, 0) is 9.53 Å². The van der Waals surface area contributed by atoms with Crippen LogP contribution in [0.4, 0.5) is 16.2 Å². The molecule has 6 nitrogen and oxygen atoms in total. The number of carbonyl (C=O) groups excluding carboxylic acids is 2. The quantitative estimate of drug-likeness (QED) is 0.756. The van der Waals surface area contributed by atoms with E-state index >= 15 is 0 Å². The normalized spacial score (nSPS) is 11.5. The lowest BCUT2D eigenvalue weighted by molar-refractivity contribution is -0.117. The van der Waals surface area contributed by atoms with Gasteiger partial charge in [-0.3, -0.25) is 10.1 Å². The number of carbonyl (C=O) groups is 2. The Hall–Kier alpha value is -2.08. The highest BCUT2D eigenvalue weighted by molar-refractivity contribution is 5.94. The molecule has 2 amide bonds. The summed E-state index contributed by atoms with van der Waals surface area (Å²) in [4.78, 5) is 22.5. The zero-order valence-corrected chi connectivity index (χ0v) is 10.4. The van der Waals surface area contributed by atoms with Crippen LogP contribution in [0, 0.1) is 0 Å². The molecule has 0 bridgehead atoms. The van der Waals surface area contributed by atoms with E-state index in [9.17, 15) is 9.59 Å². The average Bonchev–Trinajstić information content (AvgIpc) is 2.31. The molecule has 1 aromatic carbocycles. The third-order valence-electron chi connectivity index (χ3n) is 2.09. The summed E-state index contributed by atoms with van der Waals surface area (Å²) in [5, 5.41) is 5.19. The lowest BCUT2D eigenvalue weighted by atomic mass is 10.2. The van der Waals surface area contributed by atoms with E-state index in [1.807, 2.05) is 0 Å². The predicted octanol–water partition coefficient (Wildman–Crippen LogP) is 1.54. The minimum atomic E-state index is -0.567. The molecule has 0 fully saturated rings. The number of benzene rings is 1. The molecule has 0 aliphatic carbocycles. The first-order chi connectivity index (χ1) is 8.52. The highest BCUT2D eigenvalue weighted by Crippen LogP contribution is 2.13. The second kappa shape index (κ2) is 6.61. The van der Waals surface area contributed by atoms with Gasteiger partial charge in [0.25, 0.3) is 0 Å². The van der Waals surface area contributed by atoms with Crippen molar-refractivity contribution in [1.29, 1.82) is 0 Å². The van der Waals surface area contributed by atoms with Crippen molar-refractivity contribution in [2.45, 2.75) is 19.9 Å². The Bertz CT molecular complexity index is 415. The van der Waals surface area contributed by atoms with Crippen LogP contribution in [0.5, 0.6) is 0 Å². The number of rotatable bonds is 4. The van der Waals surface area contributed by atoms with Crippen molar-refractivity contribution < 1.29 is 14.3 Å². The Morgan fingerprint density at radius 3 is 2.17 bits per heavy atom. The molecular formula is C12H17N3O3. The summed E-state index contributed by atoms with van der Waals surface area (Å²) in [6.07, 6.45) is -0.509. The van der Waals surface area contributed by atoms with Gasteiger partial charge in [0.1, 0.15) is 0 Å². The third kappa shape index (κ3) is 4.42. The summed E-state index contributed by atoms with van der Waals surface area (Å²) in [6.45, 7) is 3.65. The van der Waals surface area contributed by atoms with E-state index in [1.54, 1.807) is 38.1 Å². The number of nitrogens with one attached hydrogen (secondary N) is 2. The molecule has 0 aliphatic heterocycles. The zero-order chi connectivity index (χ0) is 13.5. The van der Waals surface area contributed by atoms with Crippen LogP contribution >= 0.6 is 0 Å². The lowest BCUT2D eigenvalue weighted by Gasteiger charge is -2.09. The third-order valence-corrected chi connectivity index (χ3v) is 2.09. The minimum absolute atomic E-state index is 0.263. The molecule has 98 valence electrons. The summed E-state index contributed by atoms with van der Waals surface area (Å²) in [7, 11) is 0. The van der Waals surface area contributed by atoms with Crippen molar-refractivity contribution in [3.05, 3.63) is 24.3 Å². The minimum Gasteiger partial charge on any atom is -0.450 e. The molecule has 1 rings (SSSR count). The average molecular weight is 251 g/mol. The SMILES string of the molecule is CCOC(=O)Nc1ccc(NC(=O)C(C)N)cc1. The molecule has 1 atom stereocenters. The van der Waals surface area contributed by atoms with Gasteiger partial charge in [0.05, 0.1) is 12.6 Å². The van der Waals surface area contributed by atoms with Crippen LogP contribution in [0.3, 0.4) is 0 Å². The molecule has 1 unspecified atom stereocenters. The van der Waals surface area contributed by atoms with E-state index in [1.165, 1.54) is 0 Å². The Morgan fingerprint density at radius 1 is 1.22 bits per heavy atom. The number of anilines is 2. The van der Waals surface area contributed by atoms with Crippen LogP contribution in [-0.4, -0.2) is 24.6 Å². The molecule has 1 aromatic rings. The predicted molar refractivity (Wildman–Crippen MR) is 69.4 cm³/mol.